The van der Waals surface area contributed by atoms with Crippen LogP contribution in [0.15, 0.2) is 36.4 Å². The highest BCUT2D eigenvalue weighted by molar-refractivity contribution is 6.32. The van der Waals surface area contributed by atoms with Crippen molar-refractivity contribution < 1.29 is 34.2 Å². The van der Waals surface area contributed by atoms with Crippen molar-refractivity contribution in [2.24, 2.45) is 29.4 Å². The molecule has 2 aromatic rings. The third-order valence-electron chi connectivity index (χ3n) is 8.59. The number of ketones is 4. The van der Waals surface area contributed by atoms with Crippen molar-refractivity contribution in [3.63, 3.8) is 0 Å². The summed E-state index contributed by atoms with van der Waals surface area (Å²) >= 11 is 0. The molecule has 2 aromatic carbocycles. The van der Waals surface area contributed by atoms with Crippen molar-refractivity contribution >= 4 is 29.0 Å². The highest BCUT2D eigenvalue weighted by atomic mass is 16.3. The number of phenolic OH excluding ortho intramolecular Hbond substituents is 1. The van der Waals surface area contributed by atoms with Crippen LogP contribution in [0.3, 0.4) is 0 Å². The number of hydrogen-bond acceptors (Lipinski definition) is 9. The molecule has 2 saturated carbocycles. The summed E-state index contributed by atoms with van der Waals surface area (Å²) in [5, 5.41) is 25.5. The number of carbonyl (C=O) groups excluding carboxylic acids is 5. The largest absolute Gasteiger partial charge is 0.507 e. The number of carbonyl (C=O) groups is 5. The van der Waals surface area contributed by atoms with Crippen LogP contribution in [0, 0.1) is 23.7 Å². The molecule has 10 heteroatoms. The lowest BCUT2D eigenvalue weighted by atomic mass is 9.52. The molecule has 39 heavy (non-hydrogen) atoms. The fourth-order valence-electron chi connectivity index (χ4n) is 6.88. The SMILES string of the molecule is CNCc1ccc(-c2ccc(O)c3c2C[C@H]2C[C@H]4[C@H](N(C)C)C(=O)C(C(N)=O)C(=O)[C@@]4(O)C(=O)C2C3=O)cc1. The third-order valence-corrected chi connectivity index (χ3v) is 8.59. The first-order valence-corrected chi connectivity index (χ1v) is 12.9. The molecule has 2 unspecified atom stereocenters. The number of aromatic hydroxyl groups is 1. The second-order valence-corrected chi connectivity index (χ2v) is 11.0. The maximum atomic E-state index is 13.9. The number of primary amides is 1. The van der Waals surface area contributed by atoms with E-state index in [9.17, 15) is 34.2 Å². The van der Waals surface area contributed by atoms with Gasteiger partial charge in [-0.05, 0) is 68.2 Å². The molecule has 3 aliphatic carbocycles. The average Bonchev–Trinajstić information content (AvgIpc) is 2.87. The van der Waals surface area contributed by atoms with Gasteiger partial charge in [-0.15, -0.1) is 0 Å². The number of phenols is 1. The lowest BCUT2D eigenvalue weighted by molar-refractivity contribution is -0.181. The zero-order chi connectivity index (χ0) is 28.4. The minimum absolute atomic E-state index is 0.0140. The van der Waals surface area contributed by atoms with E-state index >= 15 is 0 Å². The monoisotopic (exact) mass is 533 g/mol. The minimum atomic E-state index is -2.73. The third kappa shape index (κ3) is 3.85. The Kier molecular flexibility index (Phi) is 6.53. The van der Waals surface area contributed by atoms with E-state index in [2.05, 4.69) is 5.32 Å². The first-order chi connectivity index (χ1) is 18.4. The summed E-state index contributed by atoms with van der Waals surface area (Å²) < 4.78 is 0. The lowest BCUT2D eigenvalue weighted by Gasteiger charge is -2.52. The zero-order valence-electron chi connectivity index (χ0n) is 21.9. The summed E-state index contributed by atoms with van der Waals surface area (Å²) in [6.45, 7) is 0.684. The molecule has 0 radical (unpaired) electrons. The molecule has 1 amide bonds. The highest BCUT2D eigenvalue weighted by Crippen LogP contribution is 2.51. The summed E-state index contributed by atoms with van der Waals surface area (Å²) in [6, 6.07) is 9.75. The Morgan fingerprint density at radius 1 is 1.08 bits per heavy atom. The minimum Gasteiger partial charge on any atom is -0.507 e. The van der Waals surface area contributed by atoms with Gasteiger partial charge in [-0.3, -0.25) is 28.9 Å². The highest BCUT2D eigenvalue weighted by Gasteiger charge is 2.69. The zero-order valence-corrected chi connectivity index (χ0v) is 21.9. The molecule has 0 saturated heterocycles. The molecule has 6 atom stereocenters. The first kappa shape index (κ1) is 26.9. The van der Waals surface area contributed by atoms with E-state index in [1.165, 1.54) is 11.0 Å². The number of nitrogens with zero attached hydrogens (tertiary/aromatic N) is 1. The predicted octanol–water partition coefficient (Wildman–Crippen LogP) is 0.253. The van der Waals surface area contributed by atoms with Gasteiger partial charge >= 0.3 is 0 Å². The topological polar surface area (TPSA) is 167 Å². The van der Waals surface area contributed by atoms with Gasteiger partial charge in [-0.25, -0.2) is 0 Å². The van der Waals surface area contributed by atoms with E-state index in [1.807, 2.05) is 31.3 Å². The van der Waals surface area contributed by atoms with Gasteiger partial charge in [0.1, 0.15) is 5.75 Å². The van der Waals surface area contributed by atoms with E-state index < -0.39 is 64.4 Å². The van der Waals surface area contributed by atoms with Gasteiger partial charge in [0.15, 0.2) is 34.7 Å². The molecule has 2 fully saturated rings. The molecule has 0 aliphatic heterocycles. The Hall–Kier alpha value is -3.73. The summed E-state index contributed by atoms with van der Waals surface area (Å²) in [7, 11) is 4.96. The number of benzene rings is 2. The van der Waals surface area contributed by atoms with Crippen molar-refractivity contribution in [3.8, 4) is 16.9 Å². The van der Waals surface area contributed by atoms with E-state index in [1.54, 1.807) is 20.2 Å². The van der Waals surface area contributed by atoms with Crippen LogP contribution in [0.1, 0.15) is 27.9 Å². The molecular formula is C29H31N3O7. The fourth-order valence-corrected chi connectivity index (χ4v) is 6.88. The predicted molar refractivity (Wildman–Crippen MR) is 140 cm³/mol. The number of aliphatic hydroxyl groups is 1. The number of likely N-dealkylation sites (N-methyl/N-ethyl adjacent to an activating group) is 1. The lowest BCUT2D eigenvalue weighted by Crippen LogP contribution is -2.74. The Labute approximate surface area is 225 Å². The molecule has 5 N–H and O–H groups in total. The Bertz CT molecular complexity index is 1420. The van der Waals surface area contributed by atoms with E-state index in [0.717, 1.165) is 16.7 Å². The summed E-state index contributed by atoms with van der Waals surface area (Å²) in [6.07, 6.45) is 0.230. The first-order valence-electron chi connectivity index (χ1n) is 12.9. The molecule has 0 spiro atoms. The quantitative estimate of drug-likeness (QED) is 0.394. The Balaban J connectivity index is 1.62. The average molecular weight is 534 g/mol. The summed E-state index contributed by atoms with van der Waals surface area (Å²) in [5.41, 5.74) is 5.81. The van der Waals surface area contributed by atoms with Gasteiger partial charge in [-0.2, -0.15) is 0 Å². The smallest absolute Gasteiger partial charge is 0.235 e. The maximum absolute atomic E-state index is 13.9. The van der Waals surface area contributed by atoms with Gasteiger partial charge < -0.3 is 21.3 Å². The summed E-state index contributed by atoms with van der Waals surface area (Å²) in [5.74, 6) is -10.5. The van der Waals surface area contributed by atoms with Crippen LogP contribution < -0.4 is 11.1 Å². The van der Waals surface area contributed by atoms with E-state index in [0.29, 0.717) is 12.1 Å². The van der Waals surface area contributed by atoms with Gasteiger partial charge in [0.2, 0.25) is 5.91 Å². The molecule has 0 bridgehead atoms. The van der Waals surface area contributed by atoms with Gasteiger partial charge in [0.25, 0.3) is 0 Å². The molecule has 0 heterocycles. The van der Waals surface area contributed by atoms with Crippen molar-refractivity contribution in [1.29, 1.82) is 0 Å². The maximum Gasteiger partial charge on any atom is 0.235 e. The van der Waals surface area contributed by atoms with Crippen molar-refractivity contribution in [1.82, 2.24) is 10.2 Å². The van der Waals surface area contributed by atoms with E-state index in [4.69, 9.17) is 5.73 Å². The number of hydrogen-bond donors (Lipinski definition) is 4. The van der Waals surface area contributed by atoms with Crippen LogP contribution in [0.2, 0.25) is 0 Å². The van der Waals surface area contributed by atoms with Crippen LogP contribution in [-0.2, 0) is 32.1 Å². The fraction of sp³-hybridized carbons (Fsp3) is 0.414. The Morgan fingerprint density at radius 2 is 1.74 bits per heavy atom. The number of rotatable bonds is 5. The number of nitrogens with two attached hydrogens (primary N) is 1. The van der Waals surface area contributed by atoms with Gasteiger partial charge in [-0.1, -0.05) is 30.3 Å². The van der Waals surface area contributed by atoms with Crippen LogP contribution >= 0.6 is 0 Å². The van der Waals surface area contributed by atoms with E-state index in [-0.39, 0.29) is 24.2 Å². The van der Waals surface area contributed by atoms with Gasteiger partial charge in [0, 0.05) is 12.5 Å². The number of fused-ring (bicyclic) bond motifs is 3. The second-order valence-electron chi connectivity index (χ2n) is 11.0. The van der Waals surface area contributed by atoms with Crippen LogP contribution in [0.4, 0.5) is 0 Å². The van der Waals surface area contributed by atoms with Crippen LogP contribution in [-0.4, -0.2) is 76.9 Å². The van der Waals surface area contributed by atoms with Crippen LogP contribution in [0.5, 0.6) is 5.75 Å². The van der Waals surface area contributed by atoms with Crippen LogP contribution in [0.25, 0.3) is 11.1 Å². The molecule has 0 aromatic heterocycles. The molecular weight excluding hydrogens is 502 g/mol. The molecule has 204 valence electrons. The number of nitrogens with one attached hydrogen (secondary N) is 1. The molecule has 10 nitrogen and oxygen atoms in total. The Morgan fingerprint density at radius 3 is 2.33 bits per heavy atom. The summed E-state index contributed by atoms with van der Waals surface area (Å²) in [4.78, 5) is 67.8. The molecule has 5 rings (SSSR count). The number of amides is 1. The molecule has 3 aliphatic rings. The van der Waals surface area contributed by atoms with Crippen molar-refractivity contribution in [3.05, 3.63) is 53.1 Å². The van der Waals surface area contributed by atoms with Crippen molar-refractivity contribution in [2.75, 3.05) is 21.1 Å². The number of Topliss-reactive ketones (excluding diaryl/α,β-unsaturated/α-hetero) is 4. The van der Waals surface area contributed by atoms with Gasteiger partial charge in [0.05, 0.1) is 17.5 Å². The normalized spacial score (nSPS) is 30.1. The second kappa shape index (κ2) is 9.48. The van der Waals surface area contributed by atoms with Crippen molar-refractivity contribution in [2.45, 2.75) is 31.0 Å². The standard InChI is InChI=1S/C29H31N3O7/c1-31-12-13-4-6-14(7-5-13)16-8-9-19(33)21-17(16)10-15-11-18-23(32(2)3)25(35)22(28(30)38)27(37)29(18,39)26(36)20(15)24(21)34/h4-9,15,18,20,22-23,31,33,39H,10-12H2,1-3H3,(H2,30,38)/t15-,18-,20?,22?,23-,29-/m0/s1.